The molecule has 0 aromatic heterocycles. The van der Waals surface area contributed by atoms with Crippen molar-refractivity contribution in [2.24, 2.45) is 23.5 Å². The molecular formula is C14H32N2. The molecule has 16 heavy (non-hydrogen) atoms. The molecule has 1 atom stereocenters. The van der Waals surface area contributed by atoms with Crippen LogP contribution in [0.4, 0.5) is 0 Å². The van der Waals surface area contributed by atoms with Crippen LogP contribution < -0.4 is 5.73 Å². The minimum atomic E-state index is 0.773. The molecule has 0 spiro atoms. The van der Waals surface area contributed by atoms with Gasteiger partial charge in [0.05, 0.1) is 0 Å². The molecular weight excluding hydrogens is 196 g/mol. The number of nitrogens with zero attached hydrogens (tertiary/aromatic N) is 1. The zero-order valence-electron chi connectivity index (χ0n) is 12.0. The Morgan fingerprint density at radius 2 is 1.69 bits per heavy atom. The summed E-state index contributed by atoms with van der Waals surface area (Å²) < 4.78 is 0. The molecule has 98 valence electrons. The van der Waals surface area contributed by atoms with Crippen molar-refractivity contribution in [3.8, 4) is 0 Å². The lowest BCUT2D eigenvalue weighted by Crippen LogP contribution is -2.25. The predicted octanol–water partition coefficient (Wildman–Crippen LogP) is 2.98. The fraction of sp³-hybridized carbons (Fsp3) is 1.00. The van der Waals surface area contributed by atoms with Crippen LogP contribution >= 0.6 is 0 Å². The maximum atomic E-state index is 5.65. The Kier molecular flexibility index (Phi) is 8.96. The highest BCUT2D eigenvalue weighted by Crippen LogP contribution is 2.20. The van der Waals surface area contributed by atoms with Crippen LogP contribution in [0.25, 0.3) is 0 Å². The molecule has 0 aromatic carbocycles. The van der Waals surface area contributed by atoms with Gasteiger partial charge in [0, 0.05) is 6.54 Å². The molecule has 0 amide bonds. The molecule has 0 aliphatic rings. The Balaban J connectivity index is 3.68. The molecule has 0 aromatic rings. The summed E-state index contributed by atoms with van der Waals surface area (Å²) in [7, 11) is 2.23. The van der Waals surface area contributed by atoms with Gasteiger partial charge in [0.25, 0.3) is 0 Å². The Morgan fingerprint density at radius 3 is 2.12 bits per heavy atom. The third-order valence-electron chi connectivity index (χ3n) is 3.27. The van der Waals surface area contributed by atoms with Gasteiger partial charge >= 0.3 is 0 Å². The van der Waals surface area contributed by atoms with Crippen molar-refractivity contribution in [1.82, 2.24) is 4.90 Å². The molecule has 1 unspecified atom stereocenters. The molecule has 0 radical (unpaired) electrons. The Morgan fingerprint density at radius 1 is 1.06 bits per heavy atom. The van der Waals surface area contributed by atoms with Gasteiger partial charge in [0.1, 0.15) is 0 Å². The average Bonchev–Trinajstić information content (AvgIpc) is 2.15. The van der Waals surface area contributed by atoms with E-state index in [0.717, 1.165) is 24.3 Å². The summed E-state index contributed by atoms with van der Waals surface area (Å²) in [4.78, 5) is 2.45. The molecule has 2 nitrogen and oxygen atoms in total. The van der Waals surface area contributed by atoms with Crippen LogP contribution in [0.2, 0.25) is 0 Å². The first-order chi connectivity index (χ1) is 7.47. The molecule has 0 fully saturated rings. The van der Waals surface area contributed by atoms with Gasteiger partial charge < -0.3 is 10.6 Å². The molecule has 0 saturated heterocycles. The van der Waals surface area contributed by atoms with Crippen LogP contribution in [0.15, 0.2) is 0 Å². The summed E-state index contributed by atoms with van der Waals surface area (Å²) >= 11 is 0. The zero-order chi connectivity index (χ0) is 12.6. The topological polar surface area (TPSA) is 29.3 Å². The number of nitrogens with two attached hydrogens (primary N) is 1. The van der Waals surface area contributed by atoms with Crippen molar-refractivity contribution in [2.75, 3.05) is 26.7 Å². The third kappa shape index (κ3) is 8.12. The van der Waals surface area contributed by atoms with Gasteiger partial charge in [-0.2, -0.15) is 0 Å². The van der Waals surface area contributed by atoms with Crippen LogP contribution in [0.3, 0.4) is 0 Å². The molecule has 2 heteroatoms. The monoisotopic (exact) mass is 228 g/mol. The Hall–Kier alpha value is -0.0800. The third-order valence-corrected chi connectivity index (χ3v) is 3.27. The van der Waals surface area contributed by atoms with E-state index >= 15 is 0 Å². The van der Waals surface area contributed by atoms with Gasteiger partial charge in [-0.15, -0.1) is 0 Å². The van der Waals surface area contributed by atoms with Crippen molar-refractivity contribution >= 4 is 0 Å². The van der Waals surface area contributed by atoms with Crippen molar-refractivity contribution < 1.29 is 0 Å². The van der Waals surface area contributed by atoms with Crippen molar-refractivity contribution in [3.05, 3.63) is 0 Å². The van der Waals surface area contributed by atoms with Gasteiger partial charge in [-0.05, 0) is 57.2 Å². The SMILES string of the molecule is CC(C)CN(C)CCCC(CCN)C(C)C. The first-order valence-corrected chi connectivity index (χ1v) is 6.86. The average molecular weight is 228 g/mol. The van der Waals surface area contributed by atoms with E-state index in [1.54, 1.807) is 0 Å². The van der Waals surface area contributed by atoms with E-state index in [4.69, 9.17) is 5.73 Å². The summed E-state index contributed by atoms with van der Waals surface area (Å²) in [5, 5.41) is 0. The lowest BCUT2D eigenvalue weighted by Gasteiger charge is -2.23. The van der Waals surface area contributed by atoms with Crippen LogP contribution in [-0.4, -0.2) is 31.6 Å². The van der Waals surface area contributed by atoms with E-state index in [1.165, 1.54) is 32.4 Å². The minimum Gasteiger partial charge on any atom is -0.330 e. The fourth-order valence-electron chi connectivity index (χ4n) is 2.36. The first kappa shape index (κ1) is 15.9. The standard InChI is InChI=1S/C14H32N2/c1-12(2)11-16(5)10-6-7-14(8-9-15)13(3)4/h12-14H,6-11,15H2,1-5H3. The molecule has 0 saturated carbocycles. The number of hydrogen-bond donors (Lipinski definition) is 1. The molecule has 2 N–H and O–H groups in total. The van der Waals surface area contributed by atoms with Gasteiger partial charge in [-0.3, -0.25) is 0 Å². The number of rotatable bonds is 9. The van der Waals surface area contributed by atoms with Crippen LogP contribution in [0.1, 0.15) is 47.0 Å². The van der Waals surface area contributed by atoms with E-state index in [2.05, 4.69) is 39.6 Å². The maximum absolute atomic E-state index is 5.65. The molecule has 0 bridgehead atoms. The summed E-state index contributed by atoms with van der Waals surface area (Å²) in [5.41, 5.74) is 5.65. The van der Waals surface area contributed by atoms with Gasteiger partial charge in [0.15, 0.2) is 0 Å². The van der Waals surface area contributed by atoms with E-state index in [9.17, 15) is 0 Å². The van der Waals surface area contributed by atoms with Crippen LogP contribution in [0, 0.1) is 17.8 Å². The molecule has 0 heterocycles. The minimum absolute atomic E-state index is 0.773. The highest BCUT2D eigenvalue weighted by molar-refractivity contribution is 4.65. The number of hydrogen-bond acceptors (Lipinski definition) is 2. The second kappa shape index (κ2) is 9.00. The summed E-state index contributed by atoms with van der Waals surface area (Å²) in [6.45, 7) is 12.5. The van der Waals surface area contributed by atoms with E-state index < -0.39 is 0 Å². The van der Waals surface area contributed by atoms with Crippen molar-refractivity contribution in [1.29, 1.82) is 0 Å². The molecule has 0 rings (SSSR count). The molecule has 0 aliphatic carbocycles. The lowest BCUT2D eigenvalue weighted by atomic mass is 9.88. The fourth-order valence-corrected chi connectivity index (χ4v) is 2.36. The molecule has 0 aliphatic heterocycles. The summed E-state index contributed by atoms with van der Waals surface area (Å²) in [5.74, 6) is 2.37. The van der Waals surface area contributed by atoms with Gasteiger partial charge in [0.2, 0.25) is 0 Å². The van der Waals surface area contributed by atoms with Gasteiger partial charge in [-0.1, -0.05) is 27.7 Å². The van der Waals surface area contributed by atoms with Crippen molar-refractivity contribution in [3.63, 3.8) is 0 Å². The van der Waals surface area contributed by atoms with Crippen LogP contribution in [0.5, 0.6) is 0 Å². The zero-order valence-corrected chi connectivity index (χ0v) is 12.0. The van der Waals surface area contributed by atoms with E-state index in [1.807, 2.05) is 0 Å². The van der Waals surface area contributed by atoms with Crippen LogP contribution in [-0.2, 0) is 0 Å². The van der Waals surface area contributed by atoms with E-state index in [0.29, 0.717) is 0 Å². The van der Waals surface area contributed by atoms with Gasteiger partial charge in [-0.25, -0.2) is 0 Å². The quantitative estimate of drug-likeness (QED) is 0.657. The Bertz CT molecular complexity index is 155. The first-order valence-electron chi connectivity index (χ1n) is 6.86. The lowest BCUT2D eigenvalue weighted by molar-refractivity contribution is 0.263. The van der Waals surface area contributed by atoms with Crippen molar-refractivity contribution in [2.45, 2.75) is 47.0 Å². The summed E-state index contributed by atoms with van der Waals surface area (Å²) in [6, 6.07) is 0. The second-order valence-corrected chi connectivity index (χ2v) is 5.88. The second-order valence-electron chi connectivity index (χ2n) is 5.88. The summed E-state index contributed by atoms with van der Waals surface area (Å²) in [6.07, 6.45) is 3.83. The normalized spacial score (nSPS) is 14.1. The maximum Gasteiger partial charge on any atom is 0.000133 e. The predicted molar refractivity (Wildman–Crippen MR) is 73.6 cm³/mol. The Labute approximate surface area is 103 Å². The highest BCUT2D eigenvalue weighted by Gasteiger charge is 2.12. The smallest absolute Gasteiger partial charge is 0.000133 e. The van der Waals surface area contributed by atoms with E-state index in [-0.39, 0.29) is 0 Å². The highest BCUT2D eigenvalue weighted by atomic mass is 15.1. The largest absolute Gasteiger partial charge is 0.330 e.